The second kappa shape index (κ2) is 6.50. The monoisotopic (exact) mass is 279 g/mol. The number of hydrogen-bond acceptors (Lipinski definition) is 2. The quantitative estimate of drug-likeness (QED) is 0.900. The topological polar surface area (TPSA) is 57.6 Å². The molecule has 0 radical (unpaired) electrons. The molecule has 1 atom stereocenters. The van der Waals surface area contributed by atoms with Gasteiger partial charge in [0.1, 0.15) is 5.82 Å². The predicted octanol–water partition coefficient (Wildman–Crippen LogP) is 2.40. The SMILES string of the molecule is O=C(O)CC(CC(=O)N1CCCC1)c1ccc(F)cc1. The number of carbonyl (C=O) groups excluding carboxylic acids is 1. The van der Waals surface area contributed by atoms with E-state index in [-0.39, 0.29) is 24.6 Å². The molecule has 0 bridgehead atoms. The number of amides is 1. The van der Waals surface area contributed by atoms with Crippen molar-refractivity contribution in [2.75, 3.05) is 13.1 Å². The number of halogens is 1. The normalized spacial score (nSPS) is 16.1. The van der Waals surface area contributed by atoms with Gasteiger partial charge in [0.25, 0.3) is 0 Å². The van der Waals surface area contributed by atoms with E-state index in [2.05, 4.69) is 0 Å². The Labute approximate surface area is 117 Å². The third-order valence-electron chi connectivity index (χ3n) is 3.64. The summed E-state index contributed by atoms with van der Waals surface area (Å²) in [5.74, 6) is -1.73. The van der Waals surface area contributed by atoms with Crippen molar-refractivity contribution in [2.45, 2.75) is 31.6 Å². The van der Waals surface area contributed by atoms with E-state index in [1.165, 1.54) is 12.1 Å². The first-order chi connectivity index (χ1) is 9.56. The Morgan fingerprint density at radius 2 is 1.75 bits per heavy atom. The van der Waals surface area contributed by atoms with Gasteiger partial charge in [0.2, 0.25) is 5.91 Å². The van der Waals surface area contributed by atoms with Crippen LogP contribution in [0.4, 0.5) is 4.39 Å². The lowest BCUT2D eigenvalue weighted by Crippen LogP contribution is -2.29. The molecule has 1 aliphatic rings. The summed E-state index contributed by atoms with van der Waals surface area (Å²) >= 11 is 0. The van der Waals surface area contributed by atoms with Gasteiger partial charge in [0.15, 0.2) is 0 Å². The number of carboxylic acid groups (broad SMARTS) is 1. The van der Waals surface area contributed by atoms with Crippen LogP contribution in [0.3, 0.4) is 0 Å². The molecule has 4 nitrogen and oxygen atoms in total. The lowest BCUT2D eigenvalue weighted by atomic mass is 9.92. The average Bonchev–Trinajstić information content (AvgIpc) is 2.92. The molecule has 1 saturated heterocycles. The fourth-order valence-electron chi connectivity index (χ4n) is 2.56. The highest BCUT2D eigenvalue weighted by atomic mass is 19.1. The highest BCUT2D eigenvalue weighted by Crippen LogP contribution is 2.25. The largest absolute Gasteiger partial charge is 0.481 e. The Morgan fingerprint density at radius 3 is 2.30 bits per heavy atom. The molecule has 108 valence electrons. The molecule has 1 fully saturated rings. The van der Waals surface area contributed by atoms with Crippen LogP contribution < -0.4 is 0 Å². The Morgan fingerprint density at radius 1 is 1.15 bits per heavy atom. The van der Waals surface area contributed by atoms with E-state index in [9.17, 15) is 14.0 Å². The van der Waals surface area contributed by atoms with E-state index in [1.807, 2.05) is 0 Å². The van der Waals surface area contributed by atoms with E-state index < -0.39 is 11.9 Å². The Bertz CT molecular complexity index is 480. The zero-order valence-electron chi connectivity index (χ0n) is 11.2. The van der Waals surface area contributed by atoms with Crippen LogP contribution >= 0.6 is 0 Å². The summed E-state index contributed by atoms with van der Waals surface area (Å²) in [7, 11) is 0. The van der Waals surface area contributed by atoms with Crippen molar-refractivity contribution in [2.24, 2.45) is 0 Å². The molecule has 0 aliphatic carbocycles. The number of aliphatic carboxylic acids is 1. The van der Waals surface area contributed by atoms with Crippen LogP contribution in [0.25, 0.3) is 0 Å². The number of nitrogens with zero attached hydrogens (tertiary/aromatic N) is 1. The summed E-state index contributed by atoms with van der Waals surface area (Å²) in [5.41, 5.74) is 0.696. The van der Waals surface area contributed by atoms with Gasteiger partial charge in [0, 0.05) is 25.4 Å². The van der Waals surface area contributed by atoms with Crippen molar-refractivity contribution < 1.29 is 19.1 Å². The van der Waals surface area contributed by atoms with Crippen molar-refractivity contribution in [3.05, 3.63) is 35.6 Å². The number of likely N-dealkylation sites (tertiary alicyclic amines) is 1. The van der Waals surface area contributed by atoms with Crippen molar-refractivity contribution in [1.82, 2.24) is 4.90 Å². The summed E-state index contributed by atoms with van der Waals surface area (Å²) in [5, 5.41) is 8.98. The van der Waals surface area contributed by atoms with E-state index in [0.29, 0.717) is 5.56 Å². The minimum Gasteiger partial charge on any atom is -0.481 e. The summed E-state index contributed by atoms with van der Waals surface area (Å²) < 4.78 is 12.9. The smallest absolute Gasteiger partial charge is 0.303 e. The molecule has 20 heavy (non-hydrogen) atoms. The average molecular weight is 279 g/mol. The van der Waals surface area contributed by atoms with Crippen LogP contribution in [0.15, 0.2) is 24.3 Å². The van der Waals surface area contributed by atoms with Crippen LogP contribution in [0.1, 0.15) is 37.2 Å². The minimum absolute atomic E-state index is 0.0157. The second-order valence-electron chi connectivity index (χ2n) is 5.14. The number of rotatable bonds is 5. The Kier molecular flexibility index (Phi) is 4.71. The van der Waals surface area contributed by atoms with E-state index in [0.717, 1.165) is 25.9 Å². The van der Waals surface area contributed by atoms with Crippen molar-refractivity contribution in [1.29, 1.82) is 0 Å². The van der Waals surface area contributed by atoms with Gasteiger partial charge < -0.3 is 10.0 Å². The van der Waals surface area contributed by atoms with Gasteiger partial charge in [-0.15, -0.1) is 0 Å². The van der Waals surface area contributed by atoms with Crippen LogP contribution in [-0.2, 0) is 9.59 Å². The van der Waals surface area contributed by atoms with E-state index >= 15 is 0 Å². The van der Waals surface area contributed by atoms with Crippen molar-refractivity contribution in [3.8, 4) is 0 Å². The molecule has 0 aromatic heterocycles. The summed E-state index contributed by atoms with van der Waals surface area (Å²) in [4.78, 5) is 24.9. The molecule has 2 rings (SSSR count). The Hall–Kier alpha value is -1.91. The lowest BCUT2D eigenvalue weighted by molar-refractivity contribution is -0.137. The van der Waals surface area contributed by atoms with E-state index in [4.69, 9.17) is 5.11 Å². The number of carbonyl (C=O) groups is 2. The standard InChI is InChI=1S/C15H18FNO3/c16-13-5-3-11(4-6-13)12(10-15(19)20)9-14(18)17-7-1-2-8-17/h3-6,12H,1-2,7-10H2,(H,19,20). The molecule has 1 heterocycles. The van der Waals surface area contributed by atoms with Crippen LogP contribution in [0.2, 0.25) is 0 Å². The minimum atomic E-state index is -0.950. The van der Waals surface area contributed by atoms with Crippen LogP contribution in [-0.4, -0.2) is 35.0 Å². The number of carboxylic acids is 1. The van der Waals surface area contributed by atoms with Gasteiger partial charge in [-0.2, -0.15) is 0 Å². The van der Waals surface area contributed by atoms with Gasteiger partial charge in [-0.3, -0.25) is 9.59 Å². The first kappa shape index (κ1) is 14.5. The second-order valence-corrected chi connectivity index (χ2v) is 5.14. The summed E-state index contributed by atoms with van der Waals surface area (Å²) in [6.45, 7) is 1.50. The maximum atomic E-state index is 12.9. The first-order valence-electron chi connectivity index (χ1n) is 6.81. The third kappa shape index (κ3) is 3.79. The molecule has 1 aromatic carbocycles. The predicted molar refractivity (Wildman–Crippen MR) is 71.8 cm³/mol. The molecule has 0 saturated carbocycles. The Balaban J connectivity index is 2.08. The summed E-state index contributed by atoms with van der Waals surface area (Å²) in [6.07, 6.45) is 2.06. The van der Waals surface area contributed by atoms with Gasteiger partial charge in [-0.1, -0.05) is 12.1 Å². The maximum absolute atomic E-state index is 12.9. The molecule has 0 spiro atoms. The van der Waals surface area contributed by atoms with Gasteiger partial charge >= 0.3 is 5.97 Å². The highest BCUT2D eigenvalue weighted by molar-refractivity contribution is 5.78. The molecule has 1 N–H and O–H groups in total. The van der Waals surface area contributed by atoms with E-state index in [1.54, 1.807) is 17.0 Å². The highest BCUT2D eigenvalue weighted by Gasteiger charge is 2.24. The van der Waals surface area contributed by atoms with Crippen LogP contribution in [0, 0.1) is 5.82 Å². The molecule has 1 unspecified atom stereocenters. The third-order valence-corrected chi connectivity index (χ3v) is 3.64. The number of benzene rings is 1. The molecule has 1 aromatic rings. The van der Waals surface area contributed by atoms with Gasteiger partial charge in [0.05, 0.1) is 6.42 Å². The maximum Gasteiger partial charge on any atom is 0.303 e. The lowest BCUT2D eigenvalue weighted by Gasteiger charge is -2.20. The fraction of sp³-hybridized carbons (Fsp3) is 0.467. The first-order valence-corrected chi connectivity index (χ1v) is 6.81. The van der Waals surface area contributed by atoms with Gasteiger partial charge in [-0.05, 0) is 30.5 Å². The molecular formula is C15H18FNO3. The summed E-state index contributed by atoms with van der Waals surface area (Å²) in [6, 6.07) is 5.70. The zero-order chi connectivity index (χ0) is 14.5. The molecular weight excluding hydrogens is 261 g/mol. The number of hydrogen-bond donors (Lipinski definition) is 1. The van der Waals surface area contributed by atoms with Crippen molar-refractivity contribution in [3.63, 3.8) is 0 Å². The van der Waals surface area contributed by atoms with Crippen LogP contribution in [0.5, 0.6) is 0 Å². The van der Waals surface area contributed by atoms with Gasteiger partial charge in [-0.25, -0.2) is 4.39 Å². The molecule has 1 aliphatic heterocycles. The molecule has 5 heteroatoms. The van der Waals surface area contributed by atoms with Crippen molar-refractivity contribution >= 4 is 11.9 Å². The molecule has 1 amide bonds. The zero-order valence-corrected chi connectivity index (χ0v) is 11.2. The fourth-order valence-corrected chi connectivity index (χ4v) is 2.56.